The number of benzene rings is 3. The Bertz CT molecular complexity index is 1360. The number of ketones is 2. The highest BCUT2D eigenvalue weighted by Gasteiger charge is 2.31. The van der Waals surface area contributed by atoms with Crippen LogP contribution < -0.4 is 5.32 Å². The van der Waals surface area contributed by atoms with Crippen molar-refractivity contribution >= 4 is 33.0 Å². The van der Waals surface area contributed by atoms with Crippen LogP contribution in [0.15, 0.2) is 71.6 Å². The molecule has 1 aliphatic carbocycles. The molecular formula is C24H19NO5S. The maximum Gasteiger partial charge on any atom is 0.255 e. The van der Waals surface area contributed by atoms with E-state index in [-0.39, 0.29) is 44.4 Å². The Kier molecular flexibility index (Phi) is 5.07. The van der Waals surface area contributed by atoms with E-state index in [4.69, 9.17) is 0 Å². The van der Waals surface area contributed by atoms with Gasteiger partial charge in [0, 0.05) is 22.3 Å². The summed E-state index contributed by atoms with van der Waals surface area (Å²) in [6.07, 6.45) is 0. The van der Waals surface area contributed by atoms with Gasteiger partial charge in [0.05, 0.1) is 21.4 Å². The standard InChI is InChI=1S/C24H19NO5S/c1-14(2)31(29,30)16-8-5-7-15(13-16)24(28)25-20-12-6-11-19-21(20)23(27)18-10-4-3-9-17(18)22(19)26/h3-14H,1-2H3,(H,25,28). The highest BCUT2D eigenvalue weighted by molar-refractivity contribution is 7.92. The first-order chi connectivity index (χ1) is 14.7. The van der Waals surface area contributed by atoms with Crippen molar-refractivity contribution in [3.63, 3.8) is 0 Å². The molecule has 0 aliphatic heterocycles. The molecule has 0 aromatic heterocycles. The number of hydrogen-bond acceptors (Lipinski definition) is 5. The number of carbonyl (C=O) groups is 3. The molecule has 3 aromatic rings. The average molecular weight is 433 g/mol. The van der Waals surface area contributed by atoms with E-state index in [1.165, 1.54) is 24.3 Å². The second-order valence-corrected chi connectivity index (χ2v) is 10.0. The zero-order chi connectivity index (χ0) is 22.3. The maximum atomic E-state index is 13.1. The molecule has 0 fully saturated rings. The van der Waals surface area contributed by atoms with Gasteiger partial charge in [0.1, 0.15) is 0 Å². The smallest absolute Gasteiger partial charge is 0.255 e. The Balaban J connectivity index is 1.72. The molecule has 1 aliphatic rings. The molecule has 0 bridgehead atoms. The minimum atomic E-state index is -3.55. The molecule has 31 heavy (non-hydrogen) atoms. The molecule has 0 atom stereocenters. The van der Waals surface area contributed by atoms with E-state index in [1.54, 1.807) is 56.3 Å². The maximum absolute atomic E-state index is 13.1. The molecule has 0 radical (unpaired) electrons. The fourth-order valence-corrected chi connectivity index (χ4v) is 4.63. The predicted molar refractivity (Wildman–Crippen MR) is 116 cm³/mol. The van der Waals surface area contributed by atoms with E-state index in [0.29, 0.717) is 5.56 Å². The lowest BCUT2D eigenvalue weighted by Crippen LogP contribution is -2.24. The molecule has 0 spiro atoms. The molecule has 6 nitrogen and oxygen atoms in total. The number of carbonyl (C=O) groups excluding carboxylic acids is 3. The van der Waals surface area contributed by atoms with Crippen LogP contribution in [0, 0.1) is 0 Å². The van der Waals surface area contributed by atoms with Gasteiger partial charge in [0.15, 0.2) is 21.4 Å². The van der Waals surface area contributed by atoms with Gasteiger partial charge in [-0.1, -0.05) is 42.5 Å². The number of sulfone groups is 1. The second kappa shape index (κ2) is 7.59. The lowest BCUT2D eigenvalue weighted by atomic mass is 9.83. The van der Waals surface area contributed by atoms with E-state index in [0.717, 1.165) is 0 Å². The minimum absolute atomic E-state index is 0.0467. The lowest BCUT2D eigenvalue weighted by Gasteiger charge is -2.20. The number of fused-ring (bicyclic) bond motifs is 2. The molecule has 1 amide bonds. The van der Waals surface area contributed by atoms with Crippen LogP contribution in [0.2, 0.25) is 0 Å². The van der Waals surface area contributed by atoms with Crippen LogP contribution in [-0.2, 0) is 9.84 Å². The third-order valence-electron chi connectivity index (χ3n) is 5.25. The topological polar surface area (TPSA) is 97.4 Å². The average Bonchev–Trinajstić information content (AvgIpc) is 2.77. The van der Waals surface area contributed by atoms with Crippen molar-refractivity contribution in [1.29, 1.82) is 0 Å². The van der Waals surface area contributed by atoms with E-state index in [1.807, 2.05) is 0 Å². The highest BCUT2D eigenvalue weighted by atomic mass is 32.2. The van der Waals surface area contributed by atoms with Crippen molar-refractivity contribution < 1.29 is 22.8 Å². The summed E-state index contributed by atoms with van der Waals surface area (Å²) < 4.78 is 24.9. The van der Waals surface area contributed by atoms with Crippen molar-refractivity contribution in [2.75, 3.05) is 5.32 Å². The number of nitrogens with one attached hydrogen (secondary N) is 1. The number of amides is 1. The van der Waals surface area contributed by atoms with E-state index >= 15 is 0 Å². The summed E-state index contributed by atoms with van der Waals surface area (Å²) in [7, 11) is -3.55. The Morgan fingerprint density at radius 2 is 1.42 bits per heavy atom. The fourth-order valence-electron chi connectivity index (χ4n) is 3.53. The first-order valence-corrected chi connectivity index (χ1v) is 11.2. The number of anilines is 1. The van der Waals surface area contributed by atoms with E-state index < -0.39 is 21.0 Å². The molecule has 0 saturated carbocycles. The monoisotopic (exact) mass is 433 g/mol. The van der Waals surface area contributed by atoms with Gasteiger partial charge in [-0.3, -0.25) is 14.4 Å². The molecule has 3 aromatic carbocycles. The van der Waals surface area contributed by atoms with Crippen molar-refractivity contribution in [2.24, 2.45) is 0 Å². The van der Waals surface area contributed by atoms with Crippen LogP contribution in [0.1, 0.15) is 56.0 Å². The molecule has 0 heterocycles. The van der Waals surface area contributed by atoms with Crippen molar-refractivity contribution in [3.05, 3.63) is 94.5 Å². The summed E-state index contributed by atoms with van der Waals surface area (Å²) in [5.41, 5.74) is 1.30. The van der Waals surface area contributed by atoms with Gasteiger partial charge in [-0.25, -0.2) is 8.42 Å². The molecule has 0 saturated heterocycles. The first-order valence-electron chi connectivity index (χ1n) is 9.68. The van der Waals surface area contributed by atoms with Crippen LogP contribution in [0.25, 0.3) is 0 Å². The van der Waals surface area contributed by atoms with E-state index in [2.05, 4.69) is 5.32 Å². The quantitative estimate of drug-likeness (QED) is 0.526. The van der Waals surface area contributed by atoms with Gasteiger partial charge in [0.2, 0.25) is 0 Å². The van der Waals surface area contributed by atoms with Crippen LogP contribution in [0.4, 0.5) is 5.69 Å². The molecule has 156 valence electrons. The Labute approximate surface area is 179 Å². The van der Waals surface area contributed by atoms with Gasteiger partial charge < -0.3 is 5.32 Å². The normalized spacial score (nSPS) is 13.0. The molecular weight excluding hydrogens is 414 g/mol. The van der Waals surface area contributed by atoms with Crippen molar-refractivity contribution in [2.45, 2.75) is 24.0 Å². The van der Waals surface area contributed by atoms with Crippen molar-refractivity contribution in [1.82, 2.24) is 0 Å². The minimum Gasteiger partial charge on any atom is -0.321 e. The van der Waals surface area contributed by atoms with Crippen LogP contribution in [-0.4, -0.2) is 31.1 Å². The zero-order valence-electron chi connectivity index (χ0n) is 16.9. The van der Waals surface area contributed by atoms with Crippen LogP contribution >= 0.6 is 0 Å². The summed E-state index contributed by atoms with van der Waals surface area (Å²) in [5, 5.41) is 2.04. The Morgan fingerprint density at radius 3 is 2.10 bits per heavy atom. The van der Waals surface area contributed by atoms with Crippen molar-refractivity contribution in [3.8, 4) is 0 Å². The third kappa shape index (κ3) is 3.47. The van der Waals surface area contributed by atoms with Crippen LogP contribution in [0.3, 0.4) is 0 Å². The SMILES string of the molecule is CC(C)S(=O)(=O)c1cccc(C(=O)Nc2cccc3c2C(=O)c2ccccc2C3=O)c1. The van der Waals surface area contributed by atoms with Gasteiger partial charge in [-0.15, -0.1) is 0 Å². The summed E-state index contributed by atoms with van der Waals surface area (Å²) in [6.45, 7) is 3.14. The summed E-state index contributed by atoms with van der Waals surface area (Å²) in [4.78, 5) is 38.8. The lowest BCUT2D eigenvalue weighted by molar-refractivity contribution is 0.0978. The first kappa shape index (κ1) is 20.7. The van der Waals surface area contributed by atoms with Crippen LogP contribution in [0.5, 0.6) is 0 Å². The van der Waals surface area contributed by atoms with E-state index in [9.17, 15) is 22.8 Å². The summed E-state index contributed by atoms with van der Waals surface area (Å²) in [6, 6.07) is 17.0. The summed E-state index contributed by atoms with van der Waals surface area (Å²) >= 11 is 0. The second-order valence-electron chi connectivity index (χ2n) is 7.51. The van der Waals surface area contributed by atoms with Gasteiger partial charge in [0.25, 0.3) is 5.91 Å². The zero-order valence-corrected chi connectivity index (χ0v) is 17.7. The summed E-state index contributed by atoms with van der Waals surface area (Å²) in [5.74, 6) is -1.21. The highest BCUT2D eigenvalue weighted by Crippen LogP contribution is 2.32. The molecule has 4 rings (SSSR count). The third-order valence-corrected chi connectivity index (χ3v) is 7.40. The van der Waals surface area contributed by atoms with Gasteiger partial charge in [-0.2, -0.15) is 0 Å². The van der Waals surface area contributed by atoms with Gasteiger partial charge in [-0.05, 0) is 38.1 Å². The largest absolute Gasteiger partial charge is 0.321 e. The Morgan fingerprint density at radius 1 is 0.806 bits per heavy atom. The molecule has 0 unspecified atom stereocenters. The molecule has 7 heteroatoms. The Hall–Kier alpha value is -3.58. The predicted octanol–water partition coefficient (Wildman–Crippen LogP) is 3.90. The molecule has 1 N–H and O–H groups in total. The fraction of sp³-hybridized carbons (Fsp3) is 0.125. The van der Waals surface area contributed by atoms with Gasteiger partial charge >= 0.3 is 0 Å². The number of hydrogen-bond donors (Lipinski definition) is 1. The number of rotatable bonds is 4.